The van der Waals surface area contributed by atoms with E-state index in [9.17, 15) is 4.39 Å². The molecule has 1 N–H and O–H groups in total. The minimum absolute atomic E-state index is 0.128. The van der Waals surface area contributed by atoms with Gasteiger partial charge < -0.3 is 14.9 Å². The summed E-state index contributed by atoms with van der Waals surface area (Å²) in [7, 11) is 4.02. The largest absolute Gasteiger partial charge is 0.392 e. The third-order valence-electron chi connectivity index (χ3n) is 3.01. The van der Waals surface area contributed by atoms with E-state index in [1.807, 2.05) is 25.9 Å². The first-order chi connectivity index (χ1) is 8.49. The summed E-state index contributed by atoms with van der Waals surface area (Å²) >= 11 is 0. The zero-order chi connectivity index (χ0) is 13.7. The zero-order valence-corrected chi connectivity index (χ0v) is 11.7. The van der Waals surface area contributed by atoms with Crippen LogP contribution in [0, 0.1) is 5.82 Å². The van der Waals surface area contributed by atoms with Crippen molar-refractivity contribution >= 4 is 5.69 Å². The van der Waals surface area contributed by atoms with Crippen LogP contribution >= 0.6 is 0 Å². The van der Waals surface area contributed by atoms with Crippen LogP contribution in [0.5, 0.6) is 0 Å². The summed E-state index contributed by atoms with van der Waals surface area (Å²) in [6.07, 6.45) is 0. The maximum atomic E-state index is 14.0. The molecule has 0 amide bonds. The van der Waals surface area contributed by atoms with Gasteiger partial charge in [-0.3, -0.25) is 0 Å². The highest BCUT2D eigenvalue weighted by molar-refractivity contribution is 5.50. The van der Waals surface area contributed by atoms with E-state index in [-0.39, 0.29) is 18.5 Å². The molecule has 1 aromatic carbocycles. The molecule has 1 atom stereocenters. The van der Waals surface area contributed by atoms with Gasteiger partial charge >= 0.3 is 0 Å². The lowest BCUT2D eigenvalue weighted by Gasteiger charge is -2.32. The second-order valence-electron chi connectivity index (χ2n) is 4.84. The molecule has 1 unspecified atom stereocenters. The van der Waals surface area contributed by atoms with Crippen LogP contribution in [0.1, 0.15) is 19.4 Å². The number of aliphatic hydroxyl groups excluding tert-OH is 1. The van der Waals surface area contributed by atoms with Crippen molar-refractivity contribution in [3.05, 3.63) is 29.6 Å². The molecule has 0 aliphatic rings. The minimum Gasteiger partial charge on any atom is -0.392 e. The second kappa shape index (κ2) is 6.71. The van der Waals surface area contributed by atoms with Crippen molar-refractivity contribution in [3.8, 4) is 0 Å². The van der Waals surface area contributed by atoms with Gasteiger partial charge in [-0.25, -0.2) is 4.39 Å². The van der Waals surface area contributed by atoms with Gasteiger partial charge in [0.25, 0.3) is 0 Å². The van der Waals surface area contributed by atoms with Crippen molar-refractivity contribution in [2.24, 2.45) is 0 Å². The molecule has 3 nitrogen and oxygen atoms in total. The number of anilines is 1. The average molecular weight is 254 g/mol. The quantitative estimate of drug-likeness (QED) is 0.842. The fourth-order valence-corrected chi connectivity index (χ4v) is 2.23. The number of hydrogen-bond acceptors (Lipinski definition) is 3. The highest BCUT2D eigenvalue weighted by atomic mass is 19.1. The Balaban J connectivity index is 2.94. The third kappa shape index (κ3) is 3.68. The monoisotopic (exact) mass is 254 g/mol. The zero-order valence-electron chi connectivity index (χ0n) is 11.7. The number of aliphatic hydroxyl groups is 1. The van der Waals surface area contributed by atoms with Crippen molar-refractivity contribution in [2.75, 3.05) is 32.1 Å². The van der Waals surface area contributed by atoms with Gasteiger partial charge in [0.1, 0.15) is 5.82 Å². The standard InChI is InChI=1S/C14H23FN2O/c1-5-17(11(2)9-16(3)4)14-7-6-12(10-18)8-13(14)15/h6-8,11,18H,5,9-10H2,1-4H3. The van der Waals surface area contributed by atoms with Crippen LogP contribution in [-0.4, -0.2) is 43.2 Å². The fourth-order valence-electron chi connectivity index (χ4n) is 2.23. The van der Waals surface area contributed by atoms with E-state index in [0.717, 1.165) is 13.1 Å². The second-order valence-corrected chi connectivity index (χ2v) is 4.84. The van der Waals surface area contributed by atoms with Gasteiger partial charge in [0, 0.05) is 19.1 Å². The van der Waals surface area contributed by atoms with Crippen LogP contribution in [-0.2, 0) is 6.61 Å². The lowest BCUT2D eigenvalue weighted by molar-refractivity contribution is 0.281. The highest BCUT2D eigenvalue weighted by Crippen LogP contribution is 2.22. The van der Waals surface area contributed by atoms with E-state index in [0.29, 0.717) is 11.3 Å². The summed E-state index contributed by atoms with van der Waals surface area (Å²) in [5, 5.41) is 8.99. The fraction of sp³-hybridized carbons (Fsp3) is 0.571. The topological polar surface area (TPSA) is 26.7 Å². The predicted molar refractivity (Wildman–Crippen MR) is 73.4 cm³/mol. The molecule has 4 heteroatoms. The van der Waals surface area contributed by atoms with E-state index in [4.69, 9.17) is 5.11 Å². The van der Waals surface area contributed by atoms with Crippen molar-refractivity contribution < 1.29 is 9.50 Å². The first-order valence-corrected chi connectivity index (χ1v) is 6.30. The Kier molecular flexibility index (Phi) is 5.56. The van der Waals surface area contributed by atoms with Crippen LogP contribution in [0.15, 0.2) is 18.2 Å². The summed E-state index contributed by atoms with van der Waals surface area (Å²) < 4.78 is 14.0. The summed E-state index contributed by atoms with van der Waals surface area (Å²) in [6.45, 7) is 5.60. The van der Waals surface area contributed by atoms with Crippen molar-refractivity contribution in [1.82, 2.24) is 4.90 Å². The molecule has 0 spiro atoms. The molecule has 0 aliphatic carbocycles. The Labute approximate surface area is 109 Å². The molecule has 0 radical (unpaired) electrons. The van der Waals surface area contributed by atoms with E-state index in [1.54, 1.807) is 12.1 Å². The molecule has 102 valence electrons. The van der Waals surface area contributed by atoms with Gasteiger partial charge in [0.05, 0.1) is 12.3 Å². The molecule has 18 heavy (non-hydrogen) atoms. The summed E-state index contributed by atoms with van der Waals surface area (Å²) in [5.74, 6) is -0.269. The van der Waals surface area contributed by atoms with Gasteiger partial charge in [0.15, 0.2) is 0 Å². The average Bonchev–Trinajstić information content (AvgIpc) is 2.31. The lowest BCUT2D eigenvalue weighted by Crippen LogP contribution is -2.40. The Morgan fingerprint density at radius 3 is 2.44 bits per heavy atom. The van der Waals surface area contributed by atoms with Crippen LogP contribution in [0.2, 0.25) is 0 Å². The highest BCUT2D eigenvalue weighted by Gasteiger charge is 2.17. The molecule has 0 bridgehead atoms. The molecule has 0 heterocycles. The predicted octanol–water partition coefficient (Wildman–Crippen LogP) is 2.09. The van der Waals surface area contributed by atoms with E-state index in [2.05, 4.69) is 11.8 Å². The smallest absolute Gasteiger partial charge is 0.146 e. The van der Waals surface area contributed by atoms with Crippen LogP contribution in [0.25, 0.3) is 0 Å². The van der Waals surface area contributed by atoms with Crippen molar-refractivity contribution in [2.45, 2.75) is 26.5 Å². The maximum Gasteiger partial charge on any atom is 0.146 e. The SMILES string of the molecule is CCN(c1ccc(CO)cc1F)C(C)CN(C)C. The number of rotatable bonds is 6. The number of hydrogen-bond donors (Lipinski definition) is 1. The molecule has 0 saturated carbocycles. The van der Waals surface area contributed by atoms with Crippen LogP contribution in [0.3, 0.4) is 0 Å². The third-order valence-corrected chi connectivity index (χ3v) is 3.01. The normalized spacial score (nSPS) is 12.8. The minimum atomic E-state index is -0.269. The van der Waals surface area contributed by atoms with E-state index in [1.165, 1.54) is 6.07 Å². The Bertz CT molecular complexity index is 382. The molecule has 0 saturated heterocycles. The molecule has 0 aliphatic heterocycles. The van der Waals surface area contributed by atoms with Gasteiger partial charge in [-0.05, 0) is 45.6 Å². The van der Waals surface area contributed by atoms with Gasteiger partial charge in [-0.2, -0.15) is 0 Å². The Hall–Kier alpha value is -1.13. The molecular weight excluding hydrogens is 231 g/mol. The lowest BCUT2D eigenvalue weighted by atomic mass is 10.1. The first-order valence-electron chi connectivity index (χ1n) is 6.30. The molecule has 0 fully saturated rings. The Morgan fingerprint density at radius 1 is 1.33 bits per heavy atom. The van der Waals surface area contributed by atoms with Crippen LogP contribution < -0.4 is 4.90 Å². The number of likely N-dealkylation sites (N-methyl/N-ethyl adjacent to an activating group) is 2. The first kappa shape index (κ1) is 14.9. The van der Waals surface area contributed by atoms with E-state index >= 15 is 0 Å². The molecular formula is C14H23FN2O. The van der Waals surface area contributed by atoms with Crippen molar-refractivity contribution in [1.29, 1.82) is 0 Å². The van der Waals surface area contributed by atoms with Crippen LogP contribution in [0.4, 0.5) is 10.1 Å². The molecule has 1 rings (SSSR count). The van der Waals surface area contributed by atoms with Crippen molar-refractivity contribution in [3.63, 3.8) is 0 Å². The summed E-state index contributed by atoms with van der Waals surface area (Å²) in [5.41, 5.74) is 1.21. The number of benzene rings is 1. The Morgan fingerprint density at radius 2 is 2.00 bits per heavy atom. The molecule has 1 aromatic rings. The summed E-state index contributed by atoms with van der Waals surface area (Å²) in [6, 6.07) is 5.15. The molecule has 0 aromatic heterocycles. The summed E-state index contributed by atoms with van der Waals surface area (Å²) in [4.78, 5) is 4.13. The number of halogens is 1. The van der Waals surface area contributed by atoms with Gasteiger partial charge in [-0.15, -0.1) is 0 Å². The van der Waals surface area contributed by atoms with Gasteiger partial charge in [-0.1, -0.05) is 6.07 Å². The maximum absolute atomic E-state index is 14.0. The van der Waals surface area contributed by atoms with E-state index < -0.39 is 0 Å². The van der Waals surface area contributed by atoms with Gasteiger partial charge in [0.2, 0.25) is 0 Å². The number of nitrogens with zero attached hydrogens (tertiary/aromatic N) is 2.